The molecule has 6 nitrogen and oxygen atoms in total. The SMILES string of the molecule is CCCc1cccc(-n2nnn(C)c2=O)c1COc1cc(Cl)ccc1C. The standard InChI is InChI=1S/C19H21ClN4O2/c1-4-6-14-7-5-8-17(24-19(25)23(3)21-22-24)16(14)12-26-18-11-15(20)10-9-13(18)2/h5,7-11H,4,6,12H2,1-3H3. The van der Waals surface area contributed by atoms with Crippen LogP contribution in [0.5, 0.6) is 5.75 Å². The van der Waals surface area contributed by atoms with Crippen molar-refractivity contribution in [2.45, 2.75) is 33.3 Å². The molecular formula is C19H21ClN4O2. The van der Waals surface area contributed by atoms with E-state index in [1.54, 1.807) is 13.1 Å². The van der Waals surface area contributed by atoms with Crippen molar-refractivity contribution in [2.75, 3.05) is 0 Å². The Morgan fingerprint density at radius 3 is 2.69 bits per heavy atom. The maximum Gasteiger partial charge on any atom is 0.368 e. The van der Waals surface area contributed by atoms with E-state index in [-0.39, 0.29) is 5.69 Å². The Labute approximate surface area is 157 Å². The van der Waals surface area contributed by atoms with Crippen molar-refractivity contribution in [2.24, 2.45) is 7.05 Å². The van der Waals surface area contributed by atoms with Crippen LogP contribution in [0.1, 0.15) is 30.0 Å². The lowest BCUT2D eigenvalue weighted by Gasteiger charge is -2.16. The van der Waals surface area contributed by atoms with Gasteiger partial charge in [-0.1, -0.05) is 43.1 Å². The Morgan fingerprint density at radius 1 is 1.19 bits per heavy atom. The van der Waals surface area contributed by atoms with Gasteiger partial charge in [0, 0.05) is 17.6 Å². The van der Waals surface area contributed by atoms with Crippen LogP contribution in [0.15, 0.2) is 41.2 Å². The number of aryl methyl sites for hydroxylation is 3. The minimum Gasteiger partial charge on any atom is -0.488 e. The average Bonchev–Trinajstić information content (AvgIpc) is 2.95. The highest BCUT2D eigenvalue weighted by atomic mass is 35.5. The zero-order valence-corrected chi connectivity index (χ0v) is 15.8. The third-order valence-corrected chi connectivity index (χ3v) is 4.47. The van der Waals surface area contributed by atoms with E-state index in [2.05, 4.69) is 23.4 Å². The number of halogens is 1. The molecule has 1 heterocycles. The Kier molecular flexibility index (Phi) is 5.42. The summed E-state index contributed by atoms with van der Waals surface area (Å²) in [6.07, 6.45) is 1.87. The van der Waals surface area contributed by atoms with Gasteiger partial charge in [-0.15, -0.1) is 0 Å². The van der Waals surface area contributed by atoms with E-state index in [4.69, 9.17) is 16.3 Å². The highest BCUT2D eigenvalue weighted by Gasteiger charge is 2.15. The molecular weight excluding hydrogens is 352 g/mol. The van der Waals surface area contributed by atoms with Crippen molar-refractivity contribution in [3.63, 3.8) is 0 Å². The Balaban J connectivity index is 2.02. The van der Waals surface area contributed by atoms with Gasteiger partial charge in [-0.05, 0) is 53.1 Å². The fourth-order valence-corrected chi connectivity index (χ4v) is 3.00. The van der Waals surface area contributed by atoms with Crippen molar-refractivity contribution in [3.05, 3.63) is 68.6 Å². The fourth-order valence-electron chi connectivity index (χ4n) is 2.83. The van der Waals surface area contributed by atoms with Crippen LogP contribution >= 0.6 is 11.6 Å². The highest BCUT2D eigenvalue weighted by molar-refractivity contribution is 6.30. The lowest BCUT2D eigenvalue weighted by molar-refractivity contribution is 0.302. The molecule has 0 amide bonds. The monoisotopic (exact) mass is 372 g/mol. The van der Waals surface area contributed by atoms with Crippen LogP contribution < -0.4 is 10.4 Å². The van der Waals surface area contributed by atoms with Crippen LogP contribution in [0.2, 0.25) is 5.02 Å². The molecule has 0 N–H and O–H groups in total. The smallest absolute Gasteiger partial charge is 0.368 e. The van der Waals surface area contributed by atoms with Gasteiger partial charge in [-0.25, -0.2) is 4.79 Å². The Bertz CT molecular complexity index is 978. The van der Waals surface area contributed by atoms with E-state index in [9.17, 15) is 4.79 Å². The maximum absolute atomic E-state index is 12.3. The molecule has 0 fully saturated rings. The van der Waals surface area contributed by atoms with Gasteiger partial charge in [0.1, 0.15) is 12.4 Å². The molecule has 0 aliphatic heterocycles. The molecule has 1 aromatic heterocycles. The molecule has 0 atom stereocenters. The summed E-state index contributed by atoms with van der Waals surface area (Å²) >= 11 is 6.08. The summed E-state index contributed by atoms with van der Waals surface area (Å²) in [4.78, 5) is 12.3. The molecule has 0 saturated carbocycles. The van der Waals surface area contributed by atoms with Crippen LogP contribution in [0.3, 0.4) is 0 Å². The molecule has 0 spiro atoms. The number of benzene rings is 2. The summed E-state index contributed by atoms with van der Waals surface area (Å²) in [5.74, 6) is 0.723. The second kappa shape index (κ2) is 7.74. The van der Waals surface area contributed by atoms with E-state index >= 15 is 0 Å². The normalized spacial score (nSPS) is 10.9. The second-order valence-corrected chi connectivity index (χ2v) is 6.60. The molecule has 0 aliphatic rings. The summed E-state index contributed by atoms with van der Waals surface area (Å²) in [5.41, 5.74) is 3.45. The average molecular weight is 373 g/mol. The molecule has 2 aromatic carbocycles. The van der Waals surface area contributed by atoms with Crippen molar-refractivity contribution in [1.29, 1.82) is 0 Å². The first-order chi connectivity index (χ1) is 12.5. The van der Waals surface area contributed by atoms with E-state index in [0.717, 1.165) is 35.3 Å². The first-order valence-electron chi connectivity index (χ1n) is 8.50. The third kappa shape index (κ3) is 3.65. The number of rotatable bonds is 6. The number of tetrazole rings is 1. The van der Waals surface area contributed by atoms with Crippen LogP contribution in [-0.4, -0.2) is 19.8 Å². The molecule has 3 aromatic rings. The van der Waals surface area contributed by atoms with Crippen LogP contribution in [-0.2, 0) is 20.1 Å². The Hall–Kier alpha value is -2.60. The van der Waals surface area contributed by atoms with Crippen molar-refractivity contribution in [3.8, 4) is 11.4 Å². The van der Waals surface area contributed by atoms with Gasteiger partial charge in [-0.2, -0.15) is 9.36 Å². The largest absolute Gasteiger partial charge is 0.488 e. The number of hydrogen-bond donors (Lipinski definition) is 0. The van der Waals surface area contributed by atoms with Gasteiger partial charge in [0.2, 0.25) is 0 Å². The minimum atomic E-state index is -0.293. The number of aromatic nitrogens is 4. The van der Waals surface area contributed by atoms with Gasteiger partial charge >= 0.3 is 5.69 Å². The van der Waals surface area contributed by atoms with Crippen molar-refractivity contribution < 1.29 is 4.74 Å². The zero-order chi connectivity index (χ0) is 18.7. The molecule has 0 radical (unpaired) electrons. The van der Waals surface area contributed by atoms with E-state index in [0.29, 0.717) is 17.3 Å². The Morgan fingerprint density at radius 2 is 2.00 bits per heavy atom. The van der Waals surface area contributed by atoms with Gasteiger partial charge in [0.05, 0.1) is 5.69 Å². The predicted molar refractivity (Wildman–Crippen MR) is 101 cm³/mol. The van der Waals surface area contributed by atoms with Crippen molar-refractivity contribution in [1.82, 2.24) is 19.8 Å². The maximum atomic E-state index is 12.3. The number of hydrogen-bond acceptors (Lipinski definition) is 4. The van der Waals surface area contributed by atoms with Crippen LogP contribution in [0, 0.1) is 6.92 Å². The van der Waals surface area contributed by atoms with E-state index in [1.165, 1.54) is 9.36 Å². The van der Waals surface area contributed by atoms with Crippen LogP contribution in [0.4, 0.5) is 0 Å². The first-order valence-corrected chi connectivity index (χ1v) is 8.88. The molecule has 3 rings (SSSR count). The minimum absolute atomic E-state index is 0.293. The highest BCUT2D eigenvalue weighted by Crippen LogP contribution is 2.26. The predicted octanol–water partition coefficient (Wildman–Crippen LogP) is 3.46. The molecule has 26 heavy (non-hydrogen) atoms. The van der Waals surface area contributed by atoms with Gasteiger partial charge in [0.25, 0.3) is 0 Å². The summed E-state index contributed by atoms with van der Waals surface area (Å²) in [7, 11) is 1.58. The van der Waals surface area contributed by atoms with Gasteiger partial charge in [0.15, 0.2) is 0 Å². The summed E-state index contributed by atoms with van der Waals surface area (Å²) in [5, 5.41) is 8.41. The molecule has 0 saturated heterocycles. The number of ether oxygens (including phenoxy) is 1. The quantitative estimate of drug-likeness (QED) is 0.664. The molecule has 0 bridgehead atoms. The van der Waals surface area contributed by atoms with Gasteiger partial charge in [-0.3, -0.25) is 0 Å². The summed E-state index contributed by atoms with van der Waals surface area (Å²) in [6.45, 7) is 4.40. The van der Waals surface area contributed by atoms with Gasteiger partial charge < -0.3 is 4.74 Å². The molecule has 0 unspecified atom stereocenters. The van der Waals surface area contributed by atoms with Crippen molar-refractivity contribution >= 4 is 11.6 Å². The second-order valence-electron chi connectivity index (χ2n) is 6.16. The lowest BCUT2D eigenvalue weighted by Crippen LogP contribution is -2.23. The van der Waals surface area contributed by atoms with Crippen LogP contribution in [0.25, 0.3) is 5.69 Å². The molecule has 0 aliphatic carbocycles. The third-order valence-electron chi connectivity index (χ3n) is 4.24. The topological polar surface area (TPSA) is 61.9 Å². The number of nitrogens with zero attached hydrogens (tertiary/aromatic N) is 4. The zero-order valence-electron chi connectivity index (χ0n) is 15.1. The van der Waals surface area contributed by atoms with E-state index < -0.39 is 0 Å². The molecule has 136 valence electrons. The lowest BCUT2D eigenvalue weighted by atomic mass is 10.0. The fraction of sp³-hybridized carbons (Fsp3) is 0.316. The molecule has 7 heteroatoms. The summed E-state index contributed by atoms with van der Waals surface area (Å²) < 4.78 is 8.56. The first kappa shape index (κ1) is 18.2. The summed E-state index contributed by atoms with van der Waals surface area (Å²) in [6, 6.07) is 11.4. The van der Waals surface area contributed by atoms with E-state index in [1.807, 2.05) is 31.2 Å².